The van der Waals surface area contributed by atoms with Crippen molar-refractivity contribution in [2.24, 2.45) is 11.7 Å². The van der Waals surface area contributed by atoms with Crippen molar-refractivity contribution in [2.45, 2.75) is 38.5 Å². The van der Waals surface area contributed by atoms with Gasteiger partial charge in [-0.25, -0.2) is 0 Å². The standard InChI is InChI=1S/C9H21NOS/c1-7(2)9(10)6-12-8(3)4-5-11/h7-9,11H,4-6,10H2,1-3H3. The van der Waals surface area contributed by atoms with E-state index in [2.05, 4.69) is 20.8 Å². The van der Waals surface area contributed by atoms with E-state index < -0.39 is 0 Å². The molecule has 12 heavy (non-hydrogen) atoms. The summed E-state index contributed by atoms with van der Waals surface area (Å²) in [5, 5.41) is 9.19. The van der Waals surface area contributed by atoms with Crippen molar-refractivity contribution < 1.29 is 5.11 Å². The second-order valence-electron chi connectivity index (χ2n) is 3.56. The Kier molecular flexibility index (Phi) is 6.90. The van der Waals surface area contributed by atoms with Gasteiger partial charge in [0.25, 0.3) is 0 Å². The first-order valence-electron chi connectivity index (χ1n) is 4.56. The summed E-state index contributed by atoms with van der Waals surface area (Å²) in [7, 11) is 0. The summed E-state index contributed by atoms with van der Waals surface area (Å²) in [4.78, 5) is 0. The molecule has 2 atom stereocenters. The highest BCUT2D eigenvalue weighted by molar-refractivity contribution is 7.99. The molecule has 0 aliphatic carbocycles. The molecule has 0 aliphatic heterocycles. The lowest BCUT2D eigenvalue weighted by atomic mass is 10.1. The minimum atomic E-state index is 0.283. The zero-order chi connectivity index (χ0) is 9.56. The van der Waals surface area contributed by atoms with E-state index in [1.807, 2.05) is 11.8 Å². The molecule has 0 fully saturated rings. The second kappa shape index (κ2) is 6.75. The molecular formula is C9H21NOS. The van der Waals surface area contributed by atoms with E-state index in [9.17, 15) is 0 Å². The molecule has 0 aromatic heterocycles. The molecule has 0 rings (SSSR count). The first-order valence-corrected chi connectivity index (χ1v) is 5.60. The molecular weight excluding hydrogens is 170 g/mol. The largest absolute Gasteiger partial charge is 0.396 e. The summed E-state index contributed by atoms with van der Waals surface area (Å²) in [6.45, 7) is 6.70. The smallest absolute Gasteiger partial charge is 0.0441 e. The van der Waals surface area contributed by atoms with Crippen LogP contribution in [0.4, 0.5) is 0 Å². The first kappa shape index (κ1) is 12.3. The maximum absolute atomic E-state index is 8.67. The Morgan fingerprint density at radius 2 is 1.92 bits per heavy atom. The van der Waals surface area contributed by atoms with Crippen molar-refractivity contribution in [1.29, 1.82) is 0 Å². The fourth-order valence-corrected chi connectivity index (χ4v) is 1.94. The lowest BCUT2D eigenvalue weighted by molar-refractivity contribution is 0.289. The number of thioether (sulfide) groups is 1. The molecule has 0 bridgehead atoms. The van der Waals surface area contributed by atoms with Gasteiger partial charge >= 0.3 is 0 Å². The summed E-state index contributed by atoms with van der Waals surface area (Å²) in [6, 6.07) is 0.288. The Hall–Kier alpha value is 0.270. The summed E-state index contributed by atoms with van der Waals surface area (Å²) in [5.41, 5.74) is 5.88. The van der Waals surface area contributed by atoms with Gasteiger partial charge in [0.05, 0.1) is 0 Å². The number of nitrogens with two attached hydrogens (primary N) is 1. The highest BCUT2D eigenvalue weighted by atomic mass is 32.2. The first-order chi connectivity index (χ1) is 5.57. The van der Waals surface area contributed by atoms with Crippen LogP contribution in [0.1, 0.15) is 27.2 Å². The Morgan fingerprint density at radius 3 is 2.33 bits per heavy atom. The normalized spacial score (nSPS) is 16.5. The lowest BCUT2D eigenvalue weighted by Crippen LogP contribution is -2.29. The molecule has 2 unspecified atom stereocenters. The molecule has 3 heteroatoms. The molecule has 0 saturated carbocycles. The van der Waals surface area contributed by atoms with E-state index in [0.717, 1.165) is 12.2 Å². The topological polar surface area (TPSA) is 46.2 Å². The van der Waals surface area contributed by atoms with Gasteiger partial charge in [0.1, 0.15) is 0 Å². The average Bonchev–Trinajstić information content (AvgIpc) is 2.00. The lowest BCUT2D eigenvalue weighted by Gasteiger charge is -2.17. The molecule has 0 amide bonds. The van der Waals surface area contributed by atoms with E-state index in [0.29, 0.717) is 11.2 Å². The van der Waals surface area contributed by atoms with Crippen molar-refractivity contribution in [2.75, 3.05) is 12.4 Å². The summed E-state index contributed by atoms with van der Waals surface area (Å²) >= 11 is 1.85. The van der Waals surface area contributed by atoms with Crippen molar-refractivity contribution in [3.63, 3.8) is 0 Å². The van der Waals surface area contributed by atoms with Crippen molar-refractivity contribution >= 4 is 11.8 Å². The summed E-state index contributed by atoms with van der Waals surface area (Å²) in [5.74, 6) is 1.55. The Bertz CT molecular complexity index is 109. The quantitative estimate of drug-likeness (QED) is 0.668. The van der Waals surface area contributed by atoms with Gasteiger partial charge < -0.3 is 10.8 Å². The average molecular weight is 191 g/mol. The molecule has 0 aromatic carbocycles. The molecule has 0 heterocycles. The molecule has 0 aliphatic rings. The van der Waals surface area contributed by atoms with Gasteiger partial charge in [-0.1, -0.05) is 20.8 Å². The minimum Gasteiger partial charge on any atom is -0.396 e. The van der Waals surface area contributed by atoms with Gasteiger partial charge in [-0.3, -0.25) is 0 Å². The van der Waals surface area contributed by atoms with E-state index in [-0.39, 0.29) is 12.6 Å². The monoisotopic (exact) mass is 191 g/mol. The molecule has 3 N–H and O–H groups in total. The van der Waals surface area contributed by atoms with Crippen LogP contribution in [-0.2, 0) is 0 Å². The summed E-state index contributed by atoms with van der Waals surface area (Å²) < 4.78 is 0. The molecule has 0 saturated heterocycles. The van der Waals surface area contributed by atoms with Crippen LogP contribution in [0.15, 0.2) is 0 Å². The Balaban J connectivity index is 3.40. The van der Waals surface area contributed by atoms with Crippen molar-refractivity contribution in [3.8, 4) is 0 Å². The highest BCUT2D eigenvalue weighted by Gasteiger charge is 2.09. The van der Waals surface area contributed by atoms with Crippen LogP contribution in [0.2, 0.25) is 0 Å². The van der Waals surface area contributed by atoms with Crippen molar-refractivity contribution in [1.82, 2.24) is 0 Å². The highest BCUT2D eigenvalue weighted by Crippen LogP contribution is 2.16. The third-order valence-electron chi connectivity index (χ3n) is 1.97. The van der Waals surface area contributed by atoms with E-state index in [1.54, 1.807) is 0 Å². The van der Waals surface area contributed by atoms with Crippen LogP contribution < -0.4 is 5.73 Å². The van der Waals surface area contributed by atoms with E-state index >= 15 is 0 Å². The fraction of sp³-hybridized carbons (Fsp3) is 1.00. The van der Waals surface area contributed by atoms with Crippen LogP contribution in [0.25, 0.3) is 0 Å². The molecule has 0 spiro atoms. The third-order valence-corrected chi connectivity index (χ3v) is 3.35. The third kappa shape index (κ3) is 5.86. The number of hydrogen-bond acceptors (Lipinski definition) is 3. The fourth-order valence-electron chi connectivity index (χ4n) is 0.733. The number of hydrogen-bond donors (Lipinski definition) is 2. The van der Waals surface area contributed by atoms with Gasteiger partial charge in [-0.05, 0) is 12.3 Å². The van der Waals surface area contributed by atoms with Crippen LogP contribution in [0.5, 0.6) is 0 Å². The minimum absolute atomic E-state index is 0.283. The SMILES string of the molecule is CC(CCO)SCC(N)C(C)C. The predicted octanol–water partition coefficient (Wildman–Crippen LogP) is 1.47. The number of aliphatic hydroxyl groups is 1. The Morgan fingerprint density at radius 1 is 1.33 bits per heavy atom. The van der Waals surface area contributed by atoms with Crippen LogP contribution in [0, 0.1) is 5.92 Å². The van der Waals surface area contributed by atoms with Crippen LogP contribution in [-0.4, -0.2) is 28.8 Å². The van der Waals surface area contributed by atoms with Gasteiger partial charge in [0.2, 0.25) is 0 Å². The van der Waals surface area contributed by atoms with E-state index in [4.69, 9.17) is 10.8 Å². The number of rotatable bonds is 6. The van der Waals surface area contributed by atoms with Crippen molar-refractivity contribution in [3.05, 3.63) is 0 Å². The van der Waals surface area contributed by atoms with Gasteiger partial charge in [-0.2, -0.15) is 11.8 Å². The maximum atomic E-state index is 8.67. The van der Waals surface area contributed by atoms with E-state index in [1.165, 1.54) is 0 Å². The number of aliphatic hydroxyl groups excluding tert-OH is 1. The van der Waals surface area contributed by atoms with Crippen LogP contribution >= 0.6 is 11.8 Å². The predicted molar refractivity (Wildman–Crippen MR) is 56.4 cm³/mol. The Labute approximate surface area is 79.9 Å². The maximum Gasteiger partial charge on any atom is 0.0441 e. The van der Waals surface area contributed by atoms with Gasteiger partial charge in [0, 0.05) is 23.7 Å². The molecule has 2 nitrogen and oxygen atoms in total. The van der Waals surface area contributed by atoms with Gasteiger partial charge in [0.15, 0.2) is 0 Å². The second-order valence-corrected chi connectivity index (χ2v) is 5.04. The molecule has 0 radical (unpaired) electrons. The van der Waals surface area contributed by atoms with Gasteiger partial charge in [-0.15, -0.1) is 0 Å². The van der Waals surface area contributed by atoms with Crippen LogP contribution in [0.3, 0.4) is 0 Å². The zero-order valence-corrected chi connectivity index (χ0v) is 9.10. The molecule has 0 aromatic rings. The summed E-state index contributed by atoms with van der Waals surface area (Å²) in [6.07, 6.45) is 0.871. The zero-order valence-electron chi connectivity index (χ0n) is 8.29. The molecule has 74 valence electrons.